The molecule has 11 heavy (non-hydrogen) atoms. The zero-order valence-electron chi connectivity index (χ0n) is 8.15. The smallest absolute Gasteiger partial charge is 0.000000574 e. The van der Waals surface area contributed by atoms with Gasteiger partial charge in [-0.1, -0.05) is 27.7 Å². The van der Waals surface area contributed by atoms with E-state index in [1.54, 1.807) is 0 Å². The van der Waals surface area contributed by atoms with E-state index in [0.29, 0.717) is 11.3 Å². The molecule has 1 N–H and O–H groups in total. The van der Waals surface area contributed by atoms with Crippen LogP contribution in [0.2, 0.25) is 0 Å². The van der Waals surface area contributed by atoms with Crippen LogP contribution in [0, 0.1) is 11.3 Å². The second-order valence-electron chi connectivity index (χ2n) is 4.48. The van der Waals surface area contributed by atoms with Crippen LogP contribution in [0.4, 0.5) is 0 Å². The van der Waals surface area contributed by atoms with Gasteiger partial charge in [0.25, 0.3) is 0 Å². The maximum Gasteiger partial charge on any atom is -0.000000574 e. The van der Waals surface area contributed by atoms with Crippen molar-refractivity contribution < 1.29 is 0 Å². The SMILES string of the molecule is CC(CS)CNCC(C)(C)C. The highest BCUT2D eigenvalue weighted by atomic mass is 32.1. The van der Waals surface area contributed by atoms with E-state index >= 15 is 0 Å². The molecule has 1 unspecified atom stereocenters. The maximum atomic E-state index is 4.22. The zero-order valence-corrected chi connectivity index (χ0v) is 9.04. The molecule has 1 nitrogen and oxygen atoms in total. The minimum absolute atomic E-state index is 0.399. The van der Waals surface area contributed by atoms with Crippen LogP contribution in [0.1, 0.15) is 27.7 Å². The van der Waals surface area contributed by atoms with Crippen LogP contribution >= 0.6 is 12.6 Å². The molecule has 0 aromatic carbocycles. The van der Waals surface area contributed by atoms with E-state index in [1.165, 1.54) is 0 Å². The first-order valence-electron chi connectivity index (χ1n) is 4.27. The van der Waals surface area contributed by atoms with E-state index in [-0.39, 0.29) is 0 Å². The van der Waals surface area contributed by atoms with Crippen molar-refractivity contribution in [1.29, 1.82) is 0 Å². The highest BCUT2D eigenvalue weighted by molar-refractivity contribution is 7.80. The van der Waals surface area contributed by atoms with Crippen LogP contribution in [-0.2, 0) is 0 Å². The Balaban J connectivity index is 3.28. The molecule has 0 spiro atoms. The average molecular weight is 175 g/mol. The molecule has 0 amide bonds. The van der Waals surface area contributed by atoms with Crippen molar-refractivity contribution in [3.8, 4) is 0 Å². The van der Waals surface area contributed by atoms with Crippen molar-refractivity contribution in [1.82, 2.24) is 5.32 Å². The largest absolute Gasteiger partial charge is 0.316 e. The first kappa shape index (κ1) is 11.3. The molecule has 68 valence electrons. The van der Waals surface area contributed by atoms with Crippen molar-refractivity contribution in [2.45, 2.75) is 27.7 Å². The fourth-order valence-corrected chi connectivity index (χ4v) is 0.887. The Hall–Kier alpha value is 0.310. The van der Waals surface area contributed by atoms with Gasteiger partial charge in [-0.2, -0.15) is 12.6 Å². The Morgan fingerprint density at radius 2 is 1.91 bits per heavy atom. The topological polar surface area (TPSA) is 12.0 Å². The van der Waals surface area contributed by atoms with Crippen LogP contribution in [0.5, 0.6) is 0 Å². The molecule has 0 fully saturated rings. The zero-order chi connectivity index (χ0) is 8.91. The van der Waals surface area contributed by atoms with E-state index in [1.807, 2.05) is 0 Å². The Morgan fingerprint density at radius 1 is 1.36 bits per heavy atom. The second kappa shape index (κ2) is 5.04. The summed E-state index contributed by atoms with van der Waals surface area (Å²) in [6, 6.07) is 0. The summed E-state index contributed by atoms with van der Waals surface area (Å²) in [4.78, 5) is 0. The quantitative estimate of drug-likeness (QED) is 0.624. The molecule has 0 saturated heterocycles. The van der Waals surface area contributed by atoms with E-state index < -0.39 is 0 Å². The average Bonchev–Trinajstić information content (AvgIpc) is 1.85. The molecule has 0 aliphatic carbocycles. The highest BCUT2D eigenvalue weighted by Crippen LogP contribution is 2.10. The van der Waals surface area contributed by atoms with E-state index in [9.17, 15) is 0 Å². The molecule has 0 aliphatic heterocycles. The first-order valence-corrected chi connectivity index (χ1v) is 4.90. The summed E-state index contributed by atoms with van der Waals surface area (Å²) in [5, 5.41) is 3.43. The van der Waals surface area contributed by atoms with Crippen LogP contribution < -0.4 is 5.32 Å². The van der Waals surface area contributed by atoms with Gasteiger partial charge in [0.05, 0.1) is 0 Å². The lowest BCUT2D eigenvalue weighted by molar-refractivity contribution is 0.369. The second-order valence-corrected chi connectivity index (χ2v) is 4.84. The van der Waals surface area contributed by atoms with Gasteiger partial charge < -0.3 is 5.32 Å². The van der Waals surface area contributed by atoms with E-state index in [2.05, 4.69) is 45.6 Å². The lowest BCUT2D eigenvalue weighted by Gasteiger charge is -2.20. The minimum Gasteiger partial charge on any atom is -0.316 e. The summed E-state index contributed by atoms with van der Waals surface area (Å²) in [6.07, 6.45) is 0. The number of nitrogens with one attached hydrogen (secondary N) is 1. The standard InChI is InChI=1S/C9H21NS/c1-8(6-11)5-10-7-9(2,3)4/h8,10-11H,5-7H2,1-4H3. The van der Waals surface area contributed by atoms with Gasteiger partial charge in [-0.15, -0.1) is 0 Å². The van der Waals surface area contributed by atoms with Crippen LogP contribution in [0.25, 0.3) is 0 Å². The molecule has 1 atom stereocenters. The van der Waals surface area contributed by atoms with Crippen LogP contribution in [0.3, 0.4) is 0 Å². The summed E-state index contributed by atoms with van der Waals surface area (Å²) in [6.45, 7) is 11.1. The molecule has 0 saturated carbocycles. The van der Waals surface area contributed by atoms with Gasteiger partial charge in [0.15, 0.2) is 0 Å². The lowest BCUT2D eigenvalue weighted by atomic mass is 9.97. The summed E-state index contributed by atoms with van der Waals surface area (Å²) in [5.41, 5.74) is 0.399. The molecule has 0 rings (SSSR count). The summed E-state index contributed by atoms with van der Waals surface area (Å²) < 4.78 is 0. The number of rotatable bonds is 4. The molecule has 0 bridgehead atoms. The lowest BCUT2D eigenvalue weighted by Crippen LogP contribution is -2.30. The molecule has 0 aromatic rings. The molecule has 2 heteroatoms. The molecule has 0 aliphatic rings. The fourth-order valence-electron chi connectivity index (χ4n) is 0.758. The Bertz CT molecular complexity index is 96.2. The van der Waals surface area contributed by atoms with Crippen molar-refractivity contribution in [3.05, 3.63) is 0 Å². The fraction of sp³-hybridized carbons (Fsp3) is 1.00. The van der Waals surface area contributed by atoms with Crippen molar-refractivity contribution in [2.24, 2.45) is 11.3 Å². The molecule has 0 heterocycles. The summed E-state index contributed by atoms with van der Waals surface area (Å²) in [5.74, 6) is 1.65. The predicted molar refractivity (Wildman–Crippen MR) is 55.3 cm³/mol. The van der Waals surface area contributed by atoms with Gasteiger partial charge in [0.1, 0.15) is 0 Å². The molecule has 0 aromatic heterocycles. The predicted octanol–water partition coefficient (Wildman–Crippen LogP) is 2.19. The molecular formula is C9H21NS. The van der Waals surface area contributed by atoms with Crippen molar-refractivity contribution in [3.63, 3.8) is 0 Å². The Morgan fingerprint density at radius 3 is 2.27 bits per heavy atom. The summed E-state index contributed by atoms with van der Waals surface area (Å²) in [7, 11) is 0. The Labute approximate surface area is 76.4 Å². The monoisotopic (exact) mass is 175 g/mol. The van der Waals surface area contributed by atoms with Crippen LogP contribution in [-0.4, -0.2) is 18.8 Å². The third-order valence-electron chi connectivity index (χ3n) is 1.46. The highest BCUT2D eigenvalue weighted by Gasteiger charge is 2.09. The molecule has 0 radical (unpaired) electrons. The van der Waals surface area contributed by atoms with Gasteiger partial charge in [-0.25, -0.2) is 0 Å². The number of hydrogen-bond acceptors (Lipinski definition) is 2. The van der Waals surface area contributed by atoms with E-state index in [0.717, 1.165) is 18.8 Å². The van der Waals surface area contributed by atoms with Gasteiger partial charge >= 0.3 is 0 Å². The van der Waals surface area contributed by atoms with Gasteiger partial charge in [-0.05, 0) is 30.2 Å². The first-order chi connectivity index (χ1) is 4.95. The number of hydrogen-bond donors (Lipinski definition) is 2. The van der Waals surface area contributed by atoms with Crippen LogP contribution in [0.15, 0.2) is 0 Å². The van der Waals surface area contributed by atoms with Gasteiger partial charge in [0, 0.05) is 0 Å². The third-order valence-corrected chi connectivity index (χ3v) is 2.08. The van der Waals surface area contributed by atoms with Gasteiger partial charge in [-0.3, -0.25) is 0 Å². The number of thiol groups is 1. The van der Waals surface area contributed by atoms with Crippen molar-refractivity contribution >= 4 is 12.6 Å². The molecular weight excluding hydrogens is 154 g/mol. The maximum absolute atomic E-state index is 4.22. The Kier molecular flexibility index (Phi) is 5.19. The minimum atomic E-state index is 0.399. The van der Waals surface area contributed by atoms with E-state index in [4.69, 9.17) is 0 Å². The summed E-state index contributed by atoms with van der Waals surface area (Å²) >= 11 is 4.22. The normalized spacial score (nSPS) is 15.0. The van der Waals surface area contributed by atoms with Crippen molar-refractivity contribution in [2.75, 3.05) is 18.8 Å². The van der Waals surface area contributed by atoms with Gasteiger partial charge in [0.2, 0.25) is 0 Å². The third kappa shape index (κ3) is 8.21.